The average molecular weight is 251 g/mol. The Bertz CT molecular complexity index is 124. The zero-order chi connectivity index (χ0) is 9.52. The predicted octanol–water partition coefficient (Wildman–Crippen LogP) is 2.95. The van der Waals surface area contributed by atoms with Gasteiger partial charge in [0.1, 0.15) is 0 Å². The Morgan fingerprint density at radius 2 is 2.38 bits per heavy atom. The van der Waals surface area contributed by atoms with Crippen LogP contribution in [0.4, 0.5) is 0 Å². The van der Waals surface area contributed by atoms with E-state index in [0.717, 1.165) is 31.4 Å². The van der Waals surface area contributed by atoms with Crippen LogP contribution in [0.25, 0.3) is 0 Å². The highest BCUT2D eigenvalue weighted by atomic mass is 79.9. The van der Waals surface area contributed by atoms with Crippen LogP contribution in [-0.4, -0.2) is 24.8 Å². The molecule has 1 fully saturated rings. The maximum atomic E-state index is 5.61. The Kier molecular flexibility index (Phi) is 6.00. The fraction of sp³-hybridized carbons (Fsp3) is 1.00. The van der Waals surface area contributed by atoms with E-state index in [1.807, 2.05) is 0 Å². The molecule has 1 aliphatic rings. The van der Waals surface area contributed by atoms with E-state index < -0.39 is 0 Å². The molecule has 1 unspecified atom stereocenters. The van der Waals surface area contributed by atoms with Gasteiger partial charge in [-0.3, -0.25) is 0 Å². The lowest BCUT2D eigenvalue weighted by Crippen LogP contribution is -2.23. The molecule has 0 saturated carbocycles. The van der Waals surface area contributed by atoms with Crippen LogP contribution in [0.2, 0.25) is 0 Å². The van der Waals surface area contributed by atoms with E-state index in [9.17, 15) is 0 Å². The van der Waals surface area contributed by atoms with Crippen molar-refractivity contribution in [2.45, 2.75) is 38.9 Å². The Balaban J connectivity index is 1.98. The third-order valence-corrected chi connectivity index (χ3v) is 3.42. The van der Waals surface area contributed by atoms with Crippen molar-refractivity contribution in [2.75, 3.05) is 18.5 Å². The van der Waals surface area contributed by atoms with Crippen molar-refractivity contribution >= 4 is 15.9 Å². The topological polar surface area (TPSA) is 18.5 Å². The lowest BCUT2D eigenvalue weighted by Gasteiger charge is -2.23. The van der Waals surface area contributed by atoms with Crippen molar-refractivity contribution in [3.63, 3.8) is 0 Å². The molecule has 13 heavy (non-hydrogen) atoms. The zero-order valence-electron chi connectivity index (χ0n) is 8.30. The third-order valence-electron chi connectivity index (χ3n) is 2.32. The van der Waals surface area contributed by atoms with Crippen LogP contribution in [0.1, 0.15) is 32.6 Å². The second-order valence-corrected chi connectivity index (χ2v) is 4.36. The fourth-order valence-electron chi connectivity index (χ4n) is 1.32. The molecule has 1 heterocycles. The van der Waals surface area contributed by atoms with E-state index in [1.54, 1.807) is 0 Å². The number of alkyl halides is 1. The SMILES string of the molecule is C[C@@H](CBr)CCOC1CCCCO1. The van der Waals surface area contributed by atoms with Gasteiger partial charge in [0.15, 0.2) is 6.29 Å². The average Bonchev–Trinajstić information content (AvgIpc) is 2.19. The Morgan fingerprint density at radius 1 is 1.54 bits per heavy atom. The van der Waals surface area contributed by atoms with Gasteiger partial charge in [-0.05, 0) is 31.6 Å². The van der Waals surface area contributed by atoms with E-state index in [4.69, 9.17) is 9.47 Å². The van der Waals surface area contributed by atoms with Crippen molar-refractivity contribution in [1.82, 2.24) is 0 Å². The molecule has 0 aromatic carbocycles. The zero-order valence-corrected chi connectivity index (χ0v) is 9.88. The molecule has 1 rings (SSSR count). The summed E-state index contributed by atoms with van der Waals surface area (Å²) in [5.41, 5.74) is 0. The Morgan fingerprint density at radius 3 is 3.00 bits per heavy atom. The van der Waals surface area contributed by atoms with Crippen LogP contribution in [-0.2, 0) is 9.47 Å². The Hall–Kier alpha value is 0.400. The van der Waals surface area contributed by atoms with Crippen LogP contribution in [0, 0.1) is 5.92 Å². The van der Waals surface area contributed by atoms with Crippen LogP contribution < -0.4 is 0 Å². The minimum absolute atomic E-state index is 0.0799. The van der Waals surface area contributed by atoms with Gasteiger partial charge in [0, 0.05) is 11.9 Å². The van der Waals surface area contributed by atoms with Gasteiger partial charge in [-0.2, -0.15) is 0 Å². The number of hydrogen-bond acceptors (Lipinski definition) is 2. The van der Waals surface area contributed by atoms with Gasteiger partial charge in [0.25, 0.3) is 0 Å². The molecular weight excluding hydrogens is 232 g/mol. The highest BCUT2D eigenvalue weighted by Gasteiger charge is 2.13. The summed E-state index contributed by atoms with van der Waals surface area (Å²) in [4.78, 5) is 0. The van der Waals surface area contributed by atoms with Crippen molar-refractivity contribution in [3.8, 4) is 0 Å². The predicted molar refractivity (Wildman–Crippen MR) is 57.1 cm³/mol. The molecule has 0 N–H and O–H groups in total. The molecule has 0 aromatic heterocycles. The summed E-state index contributed by atoms with van der Waals surface area (Å²) in [5.74, 6) is 0.698. The first-order chi connectivity index (χ1) is 6.33. The van der Waals surface area contributed by atoms with Crippen molar-refractivity contribution in [3.05, 3.63) is 0 Å². The summed E-state index contributed by atoms with van der Waals surface area (Å²) >= 11 is 3.45. The number of rotatable bonds is 5. The lowest BCUT2D eigenvalue weighted by molar-refractivity contribution is -0.163. The molecule has 0 spiro atoms. The summed E-state index contributed by atoms with van der Waals surface area (Å²) in [5, 5.41) is 1.06. The molecule has 0 bridgehead atoms. The van der Waals surface area contributed by atoms with Crippen molar-refractivity contribution < 1.29 is 9.47 Å². The summed E-state index contributed by atoms with van der Waals surface area (Å²) in [6, 6.07) is 0. The molecule has 2 atom stereocenters. The molecule has 0 aromatic rings. The molecule has 1 aliphatic heterocycles. The monoisotopic (exact) mass is 250 g/mol. The lowest BCUT2D eigenvalue weighted by atomic mass is 10.1. The number of hydrogen-bond donors (Lipinski definition) is 0. The maximum Gasteiger partial charge on any atom is 0.157 e. The second kappa shape index (κ2) is 6.80. The van der Waals surface area contributed by atoms with Gasteiger partial charge in [-0.1, -0.05) is 22.9 Å². The first-order valence-corrected chi connectivity index (χ1v) is 6.24. The van der Waals surface area contributed by atoms with Crippen molar-refractivity contribution in [1.29, 1.82) is 0 Å². The van der Waals surface area contributed by atoms with Crippen LogP contribution in [0.3, 0.4) is 0 Å². The molecule has 2 nitrogen and oxygen atoms in total. The summed E-state index contributed by atoms with van der Waals surface area (Å²) in [6.07, 6.45) is 4.71. The van der Waals surface area contributed by atoms with E-state index >= 15 is 0 Å². The van der Waals surface area contributed by atoms with E-state index in [0.29, 0.717) is 5.92 Å². The van der Waals surface area contributed by atoms with Crippen LogP contribution in [0.5, 0.6) is 0 Å². The number of ether oxygens (including phenoxy) is 2. The first kappa shape index (κ1) is 11.5. The molecule has 1 saturated heterocycles. The van der Waals surface area contributed by atoms with E-state index in [-0.39, 0.29) is 6.29 Å². The maximum absolute atomic E-state index is 5.61. The largest absolute Gasteiger partial charge is 0.353 e. The van der Waals surface area contributed by atoms with Gasteiger partial charge in [0.05, 0.1) is 6.61 Å². The normalized spacial score (nSPS) is 25.8. The summed E-state index contributed by atoms with van der Waals surface area (Å²) in [7, 11) is 0. The van der Waals surface area contributed by atoms with Gasteiger partial charge >= 0.3 is 0 Å². The van der Waals surface area contributed by atoms with Crippen LogP contribution in [0.15, 0.2) is 0 Å². The molecular formula is C10H19BrO2. The van der Waals surface area contributed by atoms with Gasteiger partial charge < -0.3 is 9.47 Å². The van der Waals surface area contributed by atoms with Gasteiger partial charge in [0.2, 0.25) is 0 Å². The standard InChI is InChI=1S/C10H19BrO2/c1-9(8-11)5-7-13-10-4-2-3-6-12-10/h9-10H,2-8H2,1H3/t9-,10?/m1/s1. The highest BCUT2D eigenvalue weighted by Crippen LogP contribution is 2.15. The van der Waals surface area contributed by atoms with Gasteiger partial charge in [-0.15, -0.1) is 0 Å². The first-order valence-electron chi connectivity index (χ1n) is 5.12. The van der Waals surface area contributed by atoms with E-state index in [1.165, 1.54) is 12.8 Å². The fourth-order valence-corrected chi connectivity index (χ4v) is 1.64. The van der Waals surface area contributed by atoms with E-state index in [2.05, 4.69) is 22.9 Å². The molecule has 0 radical (unpaired) electrons. The Labute approximate surface area is 89.1 Å². The summed E-state index contributed by atoms with van der Waals surface area (Å²) < 4.78 is 11.1. The molecule has 0 amide bonds. The van der Waals surface area contributed by atoms with Crippen LogP contribution >= 0.6 is 15.9 Å². The van der Waals surface area contributed by atoms with Crippen molar-refractivity contribution in [2.24, 2.45) is 5.92 Å². The molecule has 0 aliphatic carbocycles. The minimum Gasteiger partial charge on any atom is -0.353 e. The second-order valence-electron chi connectivity index (χ2n) is 3.72. The third kappa shape index (κ3) is 4.99. The smallest absolute Gasteiger partial charge is 0.157 e. The molecule has 3 heteroatoms. The quantitative estimate of drug-likeness (QED) is 0.699. The summed E-state index contributed by atoms with van der Waals surface area (Å²) in [6.45, 7) is 3.93. The van der Waals surface area contributed by atoms with Gasteiger partial charge in [-0.25, -0.2) is 0 Å². The highest BCUT2D eigenvalue weighted by molar-refractivity contribution is 9.09. The molecule has 78 valence electrons. The minimum atomic E-state index is 0.0799. The number of halogens is 1.